The van der Waals surface area contributed by atoms with Crippen molar-refractivity contribution in [1.82, 2.24) is 10.3 Å². The summed E-state index contributed by atoms with van der Waals surface area (Å²) in [4.78, 5) is 6.52. The van der Waals surface area contributed by atoms with Crippen LogP contribution in [0.5, 0.6) is 5.75 Å². The lowest BCUT2D eigenvalue weighted by Crippen LogP contribution is -2.29. The Morgan fingerprint density at radius 1 is 1.07 bits per heavy atom. The maximum Gasteiger partial charge on any atom is 0.120 e. The maximum absolute atomic E-state index is 6.06. The molecule has 2 aromatic heterocycles. The molecule has 0 spiro atoms. The molecule has 0 saturated heterocycles. The molecular weight excluding hydrogens is 364 g/mol. The third-order valence-corrected chi connectivity index (χ3v) is 6.78. The summed E-state index contributed by atoms with van der Waals surface area (Å²) in [6.07, 6.45) is 2.14. The number of ether oxygens (including phenoxy) is 1. The van der Waals surface area contributed by atoms with Gasteiger partial charge in [0.15, 0.2) is 0 Å². The van der Waals surface area contributed by atoms with Crippen LogP contribution in [0.4, 0.5) is 0 Å². The van der Waals surface area contributed by atoms with Gasteiger partial charge in [-0.15, -0.1) is 11.3 Å². The average Bonchev–Trinajstić information content (AvgIpc) is 3.37. The number of hydrogen-bond acceptors (Lipinski definition) is 3. The Morgan fingerprint density at radius 2 is 1.96 bits per heavy atom. The molecule has 2 aromatic carbocycles. The van der Waals surface area contributed by atoms with Crippen molar-refractivity contribution in [2.75, 3.05) is 6.54 Å². The standard InChI is InChI=1S/C24H24N2OS/c1-2-18-9-11-22(28-18)24-23-19(12-13-25-24)20-14-17(8-10-21(20)26-23)27-15-16-6-4-3-5-7-16/h3-11,14,24-26H,2,12-13,15H2,1H3. The Balaban J connectivity index is 1.46. The molecule has 1 aliphatic rings. The second kappa shape index (κ2) is 7.46. The zero-order valence-electron chi connectivity index (χ0n) is 16.0. The summed E-state index contributed by atoms with van der Waals surface area (Å²) in [6.45, 7) is 3.81. The molecule has 28 heavy (non-hydrogen) atoms. The summed E-state index contributed by atoms with van der Waals surface area (Å²) in [6, 6.07) is 21.5. The van der Waals surface area contributed by atoms with Crippen LogP contribution >= 0.6 is 11.3 Å². The van der Waals surface area contributed by atoms with E-state index in [0.29, 0.717) is 6.61 Å². The number of aromatic nitrogens is 1. The molecule has 5 rings (SSSR count). The largest absolute Gasteiger partial charge is 0.489 e. The summed E-state index contributed by atoms with van der Waals surface area (Å²) >= 11 is 1.91. The number of hydrogen-bond donors (Lipinski definition) is 2. The van der Waals surface area contributed by atoms with Crippen LogP contribution in [0.15, 0.2) is 60.7 Å². The number of rotatable bonds is 5. The van der Waals surface area contributed by atoms with Gasteiger partial charge < -0.3 is 15.0 Å². The van der Waals surface area contributed by atoms with Crippen LogP contribution in [-0.4, -0.2) is 11.5 Å². The van der Waals surface area contributed by atoms with Crippen molar-refractivity contribution in [2.24, 2.45) is 0 Å². The van der Waals surface area contributed by atoms with Crippen molar-refractivity contribution in [3.63, 3.8) is 0 Å². The number of aromatic amines is 1. The Bertz CT molecular complexity index is 1100. The highest BCUT2D eigenvalue weighted by Gasteiger charge is 2.26. The van der Waals surface area contributed by atoms with Gasteiger partial charge in [-0.25, -0.2) is 0 Å². The minimum Gasteiger partial charge on any atom is -0.489 e. The van der Waals surface area contributed by atoms with E-state index in [1.165, 1.54) is 37.5 Å². The third-order valence-electron chi connectivity index (χ3n) is 5.49. The maximum atomic E-state index is 6.06. The van der Waals surface area contributed by atoms with Crippen LogP contribution in [0.25, 0.3) is 10.9 Å². The third kappa shape index (κ3) is 3.23. The van der Waals surface area contributed by atoms with Gasteiger partial charge in [-0.05, 0) is 54.3 Å². The van der Waals surface area contributed by atoms with Crippen molar-refractivity contribution in [3.8, 4) is 5.75 Å². The number of benzene rings is 2. The predicted molar refractivity (Wildman–Crippen MR) is 116 cm³/mol. The molecular formula is C24H24N2OS. The molecule has 2 N–H and O–H groups in total. The van der Waals surface area contributed by atoms with Crippen molar-refractivity contribution in [3.05, 3.63) is 87.2 Å². The molecule has 0 radical (unpaired) electrons. The van der Waals surface area contributed by atoms with E-state index in [4.69, 9.17) is 4.74 Å². The molecule has 0 fully saturated rings. The first-order valence-electron chi connectivity index (χ1n) is 9.95. The minimum atomic E-state index is 0.259. The van der Waals surface area contributed by atoms with Gasteiger partial charge in [0.25, 0.3) is 0 Å². The monoisotopic (exact) mass is 388 g/mol. The van der Waals surface area contributed by atoms with Crippen molar-refractivity contribution in [2.45, 2.75) is 32.4 Å². The van der Waals surface area contributed by atoms with Crippen molar-refractivity contribution < 1.29 is 4.74 Å². The van der Waals surface area contributed by atoms with Gasteiger partial charge in [0.2, 0.25) is 0 Å². The van der Waals surface area contributed by atoms with E-state index in [0.717, 1.165) is 25.1 Å². The first kappa shape index (κ1) is 17.5. The molecule has 0 saturated carbocycles. The number of H-pyrrole nitrogens is 1. The van der Waals surface area contributed by atoms with Gasteiger partial charge in [0.1, 0.15) is 12.4 Å². The number of nitrogens with one attached hydrogen (secondary N) is 2. The lowest BCUT2D eigenvalue weighted by Gasteiger charge is -2.23. The molecule has 4 heteroatoms. The van der Waals surface area contributed by atoms with Crippen LogP contribution in [0.2, 0.25) is 0 Å². The Hall–Kier alpha value is -2.56. The molecule has 3 heterocycles. The van der Waals surface area contributed by atoms with Gasteiger partial charge in [0, 0.05) is 32.9 Å². The van der Waals surface area contributed by atoms with Crippen molar-refractivity contribution in [1.29, 1.82) is 0 Å². The van der Waals surface area contributed by atoms with Gasteiger partial charge >= 0.3 is 0 Å². The molecule has 3 nitrogen and oxygen atoms in total. The number of fused-ring (bicyclic) bond motifs is 3. The highest BCUT2D eigenvalue weighted by atomic mass is 32.1. The summed E-state index contributed by atoms with van der Waals surface area (Å²) < 4.78 is 6.06. The van der Waals surface area contributed by atoms with E-state index in [9.17, 15) is 0 Å². The number of aryl methyl sites for hydroxylation is 1. The molecule has 0 amide bonds. The minimum absolute atomic E-state index is 0.259. The highest BCUT2D eigenvalue weighted by molar-refractivity contribution is 7.12. The SMILES string of the molecule is CCc1ccc(C2NCCc3c2[nH]c2ccc(OCc4ccccc4)cc32)s1. The fourth-order valence-corrected chi connectivity index (χ4v) is 5.06. The zero-order valence-corrected chi connectivity index (χ0v) is 16.8. The first-order valence-corrected chi connectivity index (χ1v) is 10.8. The number of thiophene rings is 1. The van der Waals surface area contributed by atoms with Gasteiger partial charge in [-0.2, -0.15) is 0 Å². The average molecular weight is 389 g/mol. The first-order chi connectivity index (χ1) is 13.8. The Morgan fingerprint density at radius 3 is 2.79 bits per heavy atom. The van der Waals surface area contributed by atoms with Crippen LogP contribution < -0.4 is 10.1 Å². The molecule has 0 aliphatic carbocycles. The molecule has 1 atom stereocenters. The summed E-state index contributed by atoms with van der Waals surface area (Å²) in [5, 5.41) is 4.99. The smallest absolute Gasteiger partial charge is 0.120 e. The summed E-state index contributed by atoms with van der Waals surface area (Å²) in [5.41, 5.74) is 5.12. The van der Waals surface area contributed by atoms with E-state index < -0.39 is 0 Å². The molecule has 1 aliphatic heterocycles. The van der Waals surface area contributed by atoms with Crippen molar-refractivity contribution >= 4 is 22.2 Å². The van der Waals surface area contributed by atoms with Crippen LogP contribution in [0, 0.1) is 0 Å². The van der Waals surface area contributed by atoms with E-state index in [1.54, 1.807) is 0 Å². The summed E-state index contributed by atoms with van der Waals surface area (Å²) in [5.74, 6) is 0.928. The molecule has 142 valence electrons. The molecule has 4 aromatic rings. The van der Waals surface area contributed by atoms with E-state index in [1.807, 2.05) is 29.5 Å². The van der Waals surface area contributed by atoms with Crippen LogP contribution in [0.1, 0.15) is 39.5 Å². The fourth-order valence-electron chi connectivity index (χ4n) is 4.02. The van der Waals surface area contributed by atoms with Crippen LogP contribution in [0.3, 0.4) is 0 Å². The molecule has 1 unspecified atom stereocenters. The second-order valence-electron chi connectivity index (χ2n) is 7.29. The normalized spacial score (nSPS) is 16.2. The zero-order chi connectivity index (χ0) is 18.9. The second-order valence-corrected chi connectivity index (χ2v) is 8.49. The van der Waals surface area contributed by atoms with Gasteiger partial charge in [0.05, 0.1) is 6.04 Å². The van der Waals surface area contributed by atoms with E-state index in [-0.39, 0.29) is 6.04 Å². The van der Waals surface area contributed by atoms with Crippen LogP contribution in [-0.2, 0) is 19.4 Å². The fraction of sp³-hybridized carbons (Fsp3) is 0.250. The topological polar surface area (TPSA) is 37.0 Å². The van der Waals surface area contributed by atoms with Gasteiger partial charge in [-0.3, -0.25) is 0 Å². The van der Waals surface area contributed by atoms with Gasteiger partial charge in [-0.1, -0.05) is 37.3 Å². The Kier molecular flexibility index (Phi) is 4.67. The van der Waals surface area contributed by atoms with E-state index in [2.05, 4.69) is 59.7 Å². The summed E-state index contributed by atoms with van der Waals surface area (Å²) in [7, 11) is 0. The lowest BCUT2D eigenvalue weighted by atomic mass is 9.98. The quantitative estimate of drug-likeness (QED) is 0.466. The van der Waals surface area contributed by atoms with E-state index >= 15 is 0 Å². The highest BCUT2D eigenvalue weighted by Crippen LogP contribution is 2.37. The predicted octanol–water partition coefficient (Wildman–Crippen LogP) is 5.61. The molecule has 0 bridgehead atoms. The lowest BCUT2D eigenvalue weighted by molar-refractivity contribution is 0.306. The Labute approximate surface area is 169 Å².